The quantitative estimate of drug-likeness (QED) is 0.869. The van der Waals surface area contributed by atoms with Crippen molar-refractivity contribution in [2.45, 2.75) is 19.5 Å². The van der Waals surface area contributed by atoms with Gasteiger partial charge in [0.15, 0.2) is 5.78 Å². The summed E-state index contributed by atoms with van der Waals surface area (Å²) in [7, 11) is 0. The molecule has 3 rings (SSSR count). The lowest BCUT2D eigenvalue weighted by atomic mass is 9.99. The number of hydrogen-bond donors (Lipinski definition) is 1. The number of hydrogen-bond acceptors (Lipinski definition) is 2. The maximum absolute atomic E-state index is 13.2. The first-order valence-corrected chi connectivity index (χ1v) is 7.22. The fourth-order valence-corrected chi connectivity index (χ4v) is 2.83. The summed E-state index contributed by atoms with van der Waals surface area (Å²) < 4.78 is 13.6. The van der Waals surface area contributed by atoms with Crippen molar-refractivity contribution in [3.63, 3.8) is 0 Å². The molecule has 2 aromatic rings. The van der Waals surface area contributed by atoms with Crippen LogP contribution in [0, 0.1) is 5.82 Å². The molecule has 0 spiro atoms. The first-order chi connectivity index (χ1) is 9.63. The molecule has 0 amide bonds. The number of carbonyl (C=O) groups is 1. The number of nitrogens with one attached hydrogen (secondary N) is 1. The van der Waals surface area contributed by atoms with Gasteiger partial charge in [-0.1, -0.05) is 18.2 Å². The lowest BCUT2D eigenvalue weighted by Crippen LogP contribution is -2.04. The SMILES string of the molecule is O=C(Cc1ccc(F)c(Br)c1)c1ccc2c(c1)CNC2. The Morgan fingerprint density at radius 1 is 1.15 bits per heavy atom. The largest absolute Gasteiger partial charge is 0.309 e. The molecule has 20 heavy (non-hydrogen) atoms. The molecule has 1 heterocycles. The Kier molecular flexibility index (Phi) is 3.68. The zero-order valence-electron chi connectivity index (χ0n) is 10.7. The molecule has 0 bridgehead atoms. The summed E-state index contributed by atoms with van der Waals surface area (Å²) in [5, 5.41) is 3.26. The van der Waals surface area contributed by atoms with Gasteiger partial charge in [0.1, 0.15) is 5.82 Å². The van der Waals surface area contributed by atoms with Crippen LogP contribution in [0.3, 0.4) is 0 Å². The van der Waals surface area contributed by atoms with E-state index in [9.17, 15) is 9.18 Å². The van der Waals surface area contributed by atoms with Crippen LogP contribution in [-0.2, 0) is 19.5 Å². The van der Waals surface area contributed by atoms with E-state index in [4.69, 9.17) is 0 Å². The fourth-order valence-electron chi connectivity index (χ4n) is 2.41. The maximum atomic E-state index is 13.2. The van der Waals surface area contributed by atoms with E-state index in [1.165, 1.54) is 17.2 Å². The Balaban J connectivity index is 1.80. The van der Waals surface area contributed by atoms with Crippen molar-refractivity contribution in [1.29, 1.82) is 0 Å². The highest BCUT2D eigenvalue weighted by molar-refractivity contribution is 9.10. The minimum Gasteiger partial charge on any atom is -0.309 e. The lowest BCUT2D eigenvalue weighted by Gasteiger charge is -2.05. The Hall–Kier alpha value is -1.52. The molecule has 0 saturated heterocycles. The number of ketones is 1. The molecular formula is C16H13BrFNO. The van der Waals surface area contributed by atoms with Gasteiger partial charge in [0.25, 0.3) is 0 Å². The minimum atomic E-state index is -0.315. The molecule has 0 aromatic heterocycles. The van der Waals surface area contributed by atoms with E-state index in [2.05, 4.69) is 21.2 Å². The van der Waals surface area contributed by atoms with Crippen LogP contribution in [0.4, 0.5) is 4.39 Å². The van der Waals surface area contributed by atoms with Gasteiger partial charge in [0.2, 0.25) is 0 Å². The minimum absolute atomic E-state index is 0.0539. The van der Waals surface area contributed by atoms with Gasteiger partial charge in [-0.25, -0.2) is 4.39 Å². The van der Waals surface area contributed by atoms with Gasteiger partial charge in [-0.3, -0.25) is 4.79 Å². The van der Waals surface area contributed by atoms with E-state index >= 15 is 0 Å². The van der Waals surface area contributed by atoms with Crippen molar-refractivity contribution < 1.29 is 9.18 Å². The summed E-state index contributed by atoms with van der Waals surface area (Å²) in [6.45, 7) is 1.69. The molecule has 1 N–H and O–H groups in total. The average molecular weight is 334 g/mol. The van der Waals surface area contributed by atoms with E-state index < -0.39 is 0 Å². The van der Waals surface area contributed by atoms with Crippen LogP contribution >= 0.6 is 15.9 Å². The Morgan fingerprint density at radius 2 is 1.95 bits per heavy atom. The Labute approximate surface area is 125 Å². The predicted molar refractivity (Wildman–Crippen MR) is 79.1 cm³/mol. The van der Waals surface area contributed by atoms with Crippen molar-refractivity contribution in [2.75, 3.05) is 0 Å². The summed E-state index contributed by atoms with van der Waals surface area (Å²) in [5.41, 5.74) is 3.97. The van der Waals surface area contributed by atoms with Crippen LogP contribution in [0.15, 0.2) is 40.9 Å². The number of Topliss-reactive ketones (excluding diaryl/α,β-unsaturated/α-hetero) is 1. The monoisotopic (exact) mass is 333 g/mol. The van der Waals surface area contributed by atoms with Gasteiger partial charge >= 0.3 is 0 Å². The van der Waals surface area contributed by atoms with E-state index in [0.717, 1.165) is 18.7 Å². The van der Waals surface area contributed by atoms with Crippen LogP contribution in [0.1, 0.15) is 27.0 Å². The molecule has 2 nitrogen and oxygen atoms in total. The first kappa shape index (κ1) is 13.5. The second-order valence-electron chi connectivity index (χ2n) is 4.94. The van der Waals surface area contributed by atoms with E-state index in [1.54, 1.807) is 12.1 Å². The third kappa shape index (κ3) is 2.67. The Bertz CT molecular complexity index is 684. The van der Waals surface area contributed by atoms with Crippen LogP contribution < -0.4 is 5.32 Å². The van der Waals surface area contributed by atoms with Crippen LogP contribution in [0.2, 0.25) is 0 Å². The second-order valence-corrected chi connectivity index (χ2v) is 5.79. The zero-order valence-corrected chi connectivity index (χ0v) is 12.3. The molecule has 4 heteroatoms. The van der Waals surface area contributed by atoms with Gasteiger partial charge in [0.05, 0.1) is 4.47 Å². The standard InChI is InChI=1S/C16H13BrFNO/c17-14-5-10(1-4-15(14)18)6-16(20)11-2-3-12-8-19-9-13(12)7-11/h1-5,7,19H,6,8-9H2. The molecule has 2 aromatic carbocycles. The molecule has 1 aliphatic heterocycles. The highest BCUT2D eigenvalue weighted by atomic mass is 79.9. The van der Waals surface area contributed by atoms with Gasteiger partial charge in [0, 0.05) is 25.1 Å². The van der Waals surface area contributed by atoms with Crippen LogP contribution in [-0.4, -0.2) is 5.78 Å². The highest BCUT2D eigenvalue weighted by Gasteiger charge is 2.14. The summed E-state index contributed by atoms with van der Waals surface area (Å²) in [6.07, 6.45) is 0.283. The van der Waals surface area contributed by atoms with E-state index in [1.807, 2.05) is 18.2 Å². The molecule has 0 fully saturated rings. The average Bonchev–Trinajstić information content (AvgIpc) is 2.90. The molecular weight excluding hydrogens is 321 g/mol. The molecule has 0 unspecified atom stereocenters. The summed E-state index contributed by atoms with van der Waals surface area (Å²) in [6, 6.07) is 10.5. The molecule has 0 saturated carbocycles. The van der Waals surface area contributed by atoms with Crippen LogP contribution in [0.5, 0.6) is 0 Å². The number of carbonyl (C=O) groups excluding carboxylic acids is 1. The third-order valence-corrected chi connectivity index (χ3v) is 4.12. The summed E-state index contributed by atoms with van der Waals surface area (Å²) in [5.74, 6) is -0.261. The van der Waals surface area contributed by atoms with Crippen molar-refractivity contribution in [2.24, 2.45) is 0 Å². The summed E-state index contributed by atoms with van der Waals surface area (Å²) in [4.78, 5) is 12.3. The predicted octanol–water partition coefficient (Wildman–Crippen LogP) is 3.62. The number of fused-ring (bicyclic) bond motifs is 1. The smallest absolute Gasteiger partial charge is 0.167 e. The van der Waals surface area contributed by atoms with Gasteiger partial charge < -0.3 is 5.32 Å². The molecule has 1 aliphatic rings. The molecule has 102 valence electrons. The van der Waals surface area contributed by atoms with E-state index in [-0.39, 0.29) is 18.0 Å². The Morgan fingerprint density at radius 3 is 2.75 bits per heavy atom. The molecule has 0 atom stereocenters. The van der Waals surface area contributed by atoms with Gasteiger partial charge in [-0.2, -0.15) is 0 Å². The first-order valence-electron chi connectivity index (χ1n) is 6.43. The maximum Gasteiger partial charge on any atom is 0.167 e. The van der Waals surface area contributed by atoms with Crippen molar-refractivity contribution in [3.8, 4) is 0 Å². The third-order valence-electron chi connectivity index (χ3n) is 3.51. The van der Waals surface area contributed by atoms with Crippen molar-refractivity contribution in [3.05, 3.63) is 68.9 Å². The number of benzene rings is 2. The molecule has 0 radical (unpaired) electrons. The number of halogens is 2. The second kappa shape index (κ2) is 5.46. The van der Waals surface area contributed by atoms with Gasteiger partial charge in [-0.05, 0) is 50.8 Å². The summed E-state index contributed by atoms with van der Waals surface area (Å²) >= 11 is 3.14. The van der Waals surface area contributed by atoms with E-state index in [0.29, 0.717) is 10.0 Å². The highest BCUT2D eigenvalue weighted by Crippen LogP contribution is 2.20. The molecule has 0 aliphatic carbocycles. The topological polar surface area (TPSA) is 29.1 Å². The zero-order chi connectivity index (χ0) is 14.1. The number of rotatable bonds is 3. The fraction of sp³-hybridized carbons (Fsp3) is 0.188. The van der Waals surface area contributed by atoms with Crippen molar-refractivity contribution in [1.82, 2.24) is 5.32 Å². The lowest BCUT2D eigenvalue weighted by molar-refractivity contribution is 0.0993. The van der Waals surface area contributed by atoms with Crippen LogP contribution in [0.25, 0.3) is 0 Å². The normalized spacial score (nSPS) is 13.3. The van der Waals surface area contributed by atoms with Gasteiger partial charge in [-0.15, -0.1) is 0 Å². The van der Waals surface area contributed by atoms with Crippen molar-refractivity contribution >= 4 is 21.7 Å².